The molecule has 0 heterocycles. The predicted octanol–water partition coefficient (Wildman–Crippen LogP) is 4.10. The van der Waals surface area contributed by atoms with Gasteiger partial charge in [-0.05, 0) is 55.8 Å². The summed E-state index contributed by atoms with van der Waals surface area (Å²) >= 11 is 0. The van der Waals surface area contributed by atoms with Crippen LogP contribution in [0.4, 0.5) is 0 Å². The summed E-state index contributed by atoms with van der Waals surface area (Å²) in [6.07, 6.45) is 6.70. The third-order valence-electron chi connectivity index (χ3n) is 6.54. The maximum absolute atomic E-state index is 11.6. The minimum absolute atomic E-state index is 0.263. The van der Waals surface area contributed by atoms with Crippen molar-refractivity contribution in [3.05, 3.63) is 65.2 Å². The Morgan fingerprint density at radius 1 is 0.962 bits per heavy atom. The van der Waals surface area contributed by atoms with E-state index in [1.165, 1.54) is 11.1 Å². The normalized spacial score (nSPS) is 27.5. The molecule has 138 valence electrons. The Morgan fingerprint density at radius 3 is 2.58 bits per heavy atom. The fourth-order valence-corrected chi connectivity index (χ4v) is 5.29. The molecule has 26 heavy (non-hydrogen) atoms. The van der Waals surface area contributed by atoms with Crippen molar-refractivity contribution in [2.75, 3.05) is 6.54 Å². The minimum Gasteiger partial charge on any atom is -0.489 e. The second-order valence-electron chi connectivity index (χ2n) is 7.92. The maximum atomic E-state index is 11.6. The van der Waals surface area contributed by atoms with Crippen molar-refractivity contribution in [2.45, 2.75) is 62.6 Å². The molecule has 4 rings (SSSR count). The van der Waals surface area contributed by atoms with Gasteiger partial charge in [0, 0.05) is 11.0 Å². The molecule has 3 heteroatoms. The molecule has 2 aliphatic carbocycles. The number of aliphatic hydroxyl groups is 1. The van der Waals surface area contributed by atoms with Crippen molar-refractivity contribution < 1.29 is 9.84 Å². The van der Waals surface area contributed by atoms with Gasteiger partial charge < -0.3 is 15.6 Å². The van der Waals surface area contributed by atoms with Gasteiger partial charge in [0.2, 0.25) is 0 Å². The first-order valence-electron chi connectivity index (χ1n) is 9.90. The molecule has 0 spiro atoms. The van der Waals surface area contributed by atoms with E-state index in [4.69, 9.17) is 10.5 Å². The van der Waals surface area contributed by atoms with Crippen molar-refractivity contribution >= 4 is 0 Å². The van der Waals surface area contributed by atoms with Crippen LogP contribution in [-0.2, 0) is 18.4 Å². The lowest BCUT2D eigenvalue weighted by Gasteiger charge is -2.55. The number of nitrogens with two attached hydrogens (primary N) is 1. The lowest BCUT2D eigenvalue weighted by molar-refractivity contribution is -0.0872. The fourth-order valence-electron chi connectivity index (χ4n) is 5.29. The Bertz CT molecular complexity index is 756. The summed E-state index contributed by atoms with van der Waals surface area (Å²) in [5, 5.41) is 11.6. The Balaban J connectivity index is 1.75. The molecule has 0 aromatic heterocycles. The zero-order valence-corrected chi connectivity index (χ0v) is 15.4. The molecule has 2 aromatic rings. The number of rotatable bonds is 5. The summed E-state index contributed by atoms with van der Waals surface area (Å²) < 4.78 is 6.30. The van der Waals surface area contributed by atoms with Crippen molar-refractivity contribution in [1.29, 1.82) is 0 Å². The van der Waals surface area contributed by atoms with E-state index in [2.05, 4.69) is 30.3 Å². The van der Waals surface area contributed by atoms with Gasteiger partial charge in [0.1, 0.15) is 12.4 Å². The highest BCUT2D eigenvalue weighted by Gasteiger charge is 2.55. The van der Waals surface area contributed by atoms with Crippen LogP contribution in [-0.4, -0.2) is 17.3 Å². The zero-order valence-electron chi connectivity index (χ0n) is 15.4. The largest absolute Gasteiger partial charge is 0.489 e. The van der Waals surface area contributed by atoms with E-state index in [0.29, 0.717) is 13.2 Å². The smallest absolute Gasteiger partial charge is 0.123 e. The van der Waals surface area contributed by atoms with Gasteiger partial charge in [-0.25, -0.2) is 0 Å². The molecule has 0 aliphatic heterocycles. The Hall–Kier alpha value is -1.84. The molecule has 0 radical (unpaired) electrons. The van der Waals surface area contributed by atoms with E-state index in [1.807, 2.05) is 18.2 Å². The van der Waals surface area contributed by atoms with Crippen molar-refractivity contribution in [2.24, 2.45) is 5.73 Å². The summed E-state index contributed by atoms with van der Waals surface area (Å²) in [6.45, 7) is 1.14. The zero-order chi connectivity index (χ0) is 18.0. The number of ether oxygens (including phenoxy) is 1. The van der Waals surface area contributed by atoms with Gasteiger partial charge in [-0.2, -0.15) is 0 Å². The SMILES string of the molecule is NCC[C@]12CCCC[C@@]1(O)CCc1cccc(OCc3ccccc3)c12. The van der Waals surface area contributed by atoms with E-state index in [0.717, 1.165) is 56.3 Å². The average Bonchev–Trinajstić information content (AvgIpc) is 2.67. The molecular formula is C23H29NO2. The lowest BCUT2D eigenvalue weighted by atomic mass is 9.53. The average molecular weight is 351 g/mol. The van der Waals surface area contributed by atoms with Gasteiger partial charge in [0.15, 0.2) is 0 Å². The summed E-state index contributed by atoms with van der Waals surface area (Å²) in [6, 6.07) is 16.6. The van der Waals surface area contributed by atoms with Crippen LogP contribution in [0.5, 0.6) is 5.75 Å². The predicted molar refractivity (Wildman–Crippen MR) is 104 cm³/mol. The highest BCUT2D eigenvalue weighted by molar-refractivity contribution is 5.50. The van der Waals surface area contributed by atoms with Gasteiger partial charge >= 0.3 is 0 Å². The van der Waals surface area contributed by atoms with E-state index < -0.39 is 5.60 Å². The number of hydrogen-bond acceptors (Lipinski definition) is 3. The minimum atomic E-state index is -0.649. The number of hydrogen-bond donors (Lipinski definition) is 2. The molecule has 0 unspecified atom stereocenters. The van der Waals surface area contributed by atoms with Gasteiger partial charge in [0.25, 0.3) is 0 Å². The summed E-state index contributed by atoms with van der Waals surface area (Å²) in [5.41, 5.74) is 8.85. The third-order valence-corrected chi connectivity index (χ3v) is 6.54. The molecule has 0 bridgehead atoms. The molecule has 1 fully saturated rings. The standard InChI is InChI=1S/C23H29NO2/c24-16-15-22-12-4-5-13-23(22,25)14-11-19-9-6-10-20(21(19)22)26-17-18-7-2-1-3-8-18/h1-3,6-10,25H,4-5,11-17,24H2/t22-,23+/m0/s1. The highest BCUT2D eigenvalue weighted by atomic mass is 16.5. The molecule has 3 nitrogen and oxygen atoms in total. The molecule has 1 saturated carbocycles. The molecule has 2 atom stereocenters. The summed E-state index contributed by atoms with van der Waals surface area (Å²) in [7, 11) is 0. The first-order valence-corrected chi connectivity index (χ1v) is 9.90. The number of aryl methyl sites for hydroxylation is 1. The second-order valence-corrected chi connectivity index (χ2v) is 7.92. The summed E-state index contributed by atoms with van der Waals surface area (Å²) in [5.74, 6) is 0.930. The van der Waals surface area contributed by atoms with E-state index in [1.54, 1.807) is 0 Å². The molecule has 3 N–H and O–H groups in total. The van der Waals surface area contributed by atoms with Gasteiger partial charge in [0.05, 0.1) is 5.60 Å². The van der Waals surface area contributed by atoms with Crippen LogP contribution in [0.25, 0.3) is 0 Å². The number of fused-ring (bicyclic) bond motifs is 3. The van der Waals surface area contributed by atoms with Gasteiger partial charge in [-0.15, -0.1) is 0 Å². The first-order chi connectivity index (χ1) is 12.7. The maximum Gasteiger partial charge on any atom is 0.123 e. The van der Waals surface area contributed by atoms with Crippen molar-refractivity contribution in [3.8, 4) is 5.75 Å². The monoisotopic (exact) mass is 351 g/mol. The van der Waals surface area contributed by atoms with Crippen molar-refractivity contribution in [3.63, 3.8) is 0 Å². The number of benzene rings is 2. The summed E-state index contributed by atoms with van der Waals surface area (Å²) in [4.78, 5) is 0. The van der Waals surface area contributed by atoms with Gasteiger partial charge in [-0.1, -0.05) is 55.3 Å². The van der Waals surface area contributed by atoms with Crippen LogP contribution in [0, 0.1) is 0 Å². The van der Waals surface area contributed by atoms with Crippen LogP contribution in [0.3, 0.4) is 0 Å². The van der Waals surface area contributed by atoms with Crippen LogP contribution in [0.15, 0.2) is 48.5 Å². The fraction of sp³-hybridized carbons (Fsp3) is 0.478. The first kappa shape index (κ1) is 17.6. The quantitative estimate of drug-likeness (QED) is 0.852. The molecule has 0 amide bonds. The van der Waals surface area contributed by atoms with Gasteiger partial charge in [-0.3, -0.25) is 0 Å². The third kappa shape index (κ3) is 2.83. The van der Waals surface area contributed by atoms with Crippen molar-refractivity contribution in [1.82, 2.24) is 0 Å². The highest BCUT2D eigenvalue weighted by Crippen LogP contribution is 2.56. The Morgan fingerprint density at radius 2 is 1.77 bits per heavy atom. The van der Waals surface area contributed by atoms with Crippen LogP contribution in [0.1, 0.15) is 55.2 Å². The molecule has 2 aromatic carbocycles. The van der Waals surface area contributed by atoms with E-state index in [-0.39, 0.29) is 5.41 Å². The molecule has 0 saturated heterocycles. The van der Waals surface area contributed by atoms with Crippen LogP contribution < -0.4 is 10.5 Å². The van der Waals surface area contributed by atoms with E-state index >= 15 is 0 Å². The lowest BCUT2D eigenvalue weighted by Crippen LogP contribution is -2.57. The van der Waals surface area contributed by atoms with E-state index in [9.17, 15) is 5.11 Å². The topological polar surface area (TPSA) is 55.5 Å². The Kier molecular flexibility index (Phi) is 4.76. The Labute approximate surface area is 156 Å². The second kappa shape index (κ2) is 7.05. The van der Waals surface area contributed by atoms with Crippen LogP contribution >= 0.6 is 0 Å². The van der Waals surface area contributed by atoms with Crippen LogP contribution in [0.2, 0.25) is 0 Å². The molecule has 2 aliphatic rings. The molecular weight excluding hydrogens is 322 g/mol.